The van der Waals surface area contributed by atoms with Gasteiger partial charge in [-0.2, -0.15) is 0 Å². The number of fused-ring (bicyclic) bond motifs is 7. The van der Waals surface area contributed by atoms with Gasteiger partial charge in [0, 0.05) is 27.5 Å². The van der Waals surface area contributed by atoms with Gasteiger partial charge in [-0.25, -0.2) is 0 Å². The summed E-state index contributed by atoms with van der Waals surface area (Å²) in [4.78, 5) is 2.51. The Morgan fingerprint density at radius 1 is 0.431 bits per heavy atom. The standard InChI is InChI=1S/C50H45N/c1-48(2,3)33-26-28-40-43(30-33)50(6,7)42-23-15-21-39(47(40)42)38-20-11-13-24-46(38)51(45-25-14-17-32-16-8-9-18-35(32)45)34-27-29-37-36-19-10-12-22-41(36)49(4,5)44(37)31-34/h8-31H,1-7H3. The first kappa shape index (κ1) is 31.6. The molecule has 0 amide bonds. The Kier molecular flexibility index (Phi) is 6.84. The molecule has 1 heteroatoms. The predicted octanol–water partition coefficient (Wildman–Crippen LogP) is 13.9. The van der Waals surface area contributed by atoms with Crippen molar-refractivity contribution in [3.8, 4) is 33.4 Å². The molecule has 0 fully saturated rings. The van der Waals surface area contributed by atoms with Gasteiger partial charge in [-0.1, -0.05) is 170 Å². The highest BCUT2D eigenvalue weighted by atomic mass is 15.1. The topological polar surface area (TPSA) is 3.24 Å². The van der Waals surface area contributed by atoms with Crippen LogP contribution in [-0.4, -0.2) is 0 Å². The average Bonchev–Trinajstić information content (AvgIpc) is 3.51. The van der Waals surface area contributed by atoms with E-state index < -0.39 is 0 Å². The van der Waals surface area contributed by atoms with Gasteiger partial charge >= 0.3 is 0 Å². The fraction of sp³-hybridized carbons (Fsp3) is 0.200. The lowest BCUT2D eigenvalue weighted by molar-refractivity contribution is 0.584. The summed E-state index contributed by atoms with van der Waals surface area (Å²) in [5.74, 6) is 0. The number of anilines is 3. The first-order valence-corrected chi connectivity index (χ1v) is 18.4. The van der Waals surface area contributed by atoms with E-state index in [-0.39, 0.29) is 16.2 Å². The fourth-order valence-electron chi connectivity index (χ4n) is 9.02. The molecule has 7 aromatic rings. The molecule has 51 heavy (non-hydrogen) atoms. The van der Waals surface area contributed by atoms with Crippen LogP contribution in [0.2, 0.25) is 0 Å². The minimum atomic E-state index is -0.104. The number of nitrogens with zero attached hydrogens (tertiary/aromatic N) is 1. The van der Waals surface area contributed by atoms with Crippen LogP contribution in [0.25, 0.3) is 44.2 Å². The Labute approximate surface area is 303 Å². The van der Waals surface area contributed by atoms with Crippen LogP contribution in [0.3, 0.4) is 0 Å². The van der Waals surface area contributed by atoms with Crippen LogP contribution < -0.4 is 4.90 Å². The number of benzene rings is 7. The molecule has 9 rings (SSSR count). The van der Waals surface area contributed by atoms with Crippen LogP contribution >= 0.6 is 0 Å². The normalized spacial score (nSPS) is 14.9. The molecule has 7 aromatic carbocycles. The third-order valence-corrected chi connectivity index (χ3v) is 11.8. The van der Waals surface area contributed by atoms with Gasteiger partial charge in [0.15, 0.2) is 0 Å². The maximum Gasteiger partial charge on any atom is 0.0540 e. The highest BCUT2D eigenvalue weighted by Crippen LogP contribution is 2.56. The lowest BCUT2D eigenvalue weighted by Gasteiger charge is -2.31. The van der Waals surface area contributed by atoms with Crippen LogP contribution in [0.4, 0.5) is 17.1 Å². The Morgan fingerprint density at radius 2 is 1.00 bits per heavy atom. The minimum Gasteiger partial charge on any atom is -0.309 e. The largest absolute Gasteiger partial charge is 0.309 e. The molecule has 2 aliphatic rings. The molecule has 0 spiro atoms. The van der Waals surface area contributed by atoms with Crippen molar-refractivity contribution in [2.75, 3.05) is 4.90 Å². The third kappa shape index (κ3) is 4.67. The van der Waals surface area contributed by atoms with E-state index in [1.54, 1.807) is 0 Å². The van der Waals surface area contributed by atoms with Crippen LogP contribution in [0.15, 0.2) is 146 Å². The smallest absolute Gasteiger partial charge is 0.0540 e. The first-order chi connectivity index (χ1) is 24.5. The first-order valence-electron chi connectivity index (χ1n) is 18.4. The summed E-state index contributed by atoms with van der Waals surface area (Å²) in [6.07, 6.45) is 0. The summed E-state index contributed by atoms with van der Waals surface area (Å²) >= 11 is 0. The lowest BCUT2D eigenvalue weighted by atomic mass is 9.79. The summed E-state index contributed by atoms with van der Waals surface area (Å²) in [5.41, 5.74) is 18.2. The van der Waals surface area contributed by atoms with Crippen molar-refractivity contribution >= 4 is 27.8 Å². The highest BCUT2D eigenvalue weighted by Gasteiger charge is 2.39. The summed E-state index contributed by atoms with van der Waals surface area (Å²) in [6, 6.07) is 54.7. The Bertz CT molecular complexity index is 2520. The second kappa shape index (κ2) is 11.0. The molecule has 250 valence electrons. The highest BCUT2D eigenvalue weighted by molar-refractivity contribution is 6.03. The maximum atomic E-state index is 2.51. The van der Waals surface area contributed by atoms with Gasteiger partial charge in [-0.05, 0) is 90.7 Å². The number of hydrogen-bond acceptors (Lipinski definition) is 1. The second-order valence-corrected chi connectivity index (χ2v) is 16.6. The van der Waals surface area contributed by atoms with Crippen molar-refractivity contribution in [1.29, 1.82) is 0 Å². The van der Waals surface area contributed by atoms with E-state index in [0.717, 1.165) is 0 Å². The molecule has 0 aromatic heterocycles. The SMILES string of the molecule is CC(C)(C)c1ccc2c(c1)C(C)(C)c1cccc(-c3ccccc3N(c3ccc4c(c3)C(C)(C)c3ccccc3-4)c3cccc4ccccc34)c1-2. The molecule has 0 bridgehead atoms. The zero-order valence-corrected chi connectivity index (χ0v) is 30.8. The Hall–Kier alpha value is -5.40. The summed E-state index contributed by atoms with van der Waals surface area (Å²) in [5, 5.41) is 2.47. The van der Waals surface area contributed by atoms with Gasteiger partial charge in [-0.15, -0.1) is 0 Å². The molecule has 0 radical (unpaired) electrons. The van der Waals surface area contributed by atoms with E-state index in [0.29, 0.717) is 0 Å². The van der Waals surface area contributed by atoms with Gasteiger partial charge in [-0.3, -0.25) is 0 Å². The number of para-hydroxylation sites is 1. The predicted molar refractivity (Wildman–Crippen MR) is 218 cm³/mol. The average molecular weight is 660 g/mol. The van der Waals surface area contributed by atoms with E-state index in [1.807, 2.05) is 0 Å². The van der Waals surface area contributed by atoms with Gasteiger partial charge in [0.1, 0.15) is 0 Å². The van der Waals surface area contributed by atoms with Crippen molar-refractivity contribution < 1.29 is 0 Å². The lowest BCUT2D eigenvalue weighted by Crippen LogP contribution is -2.17. The van der Waals surface area contributed by atoms with Crippen LogP contribution in [0.1, 0.15) is 76.3 Å². The van der Waals surface area contributed by atoms with Crippen LogP contribution in [0.5, 0.6) is 0 Å². The molecule has 0 saturated heterocycles. The van der Waals surface area contributed by atoms with Crippen molar-refractivity contribution in [1.82, 2.24) is 0 Å². The van der Waals surface area contributed by atoms with Crippen LogP contribution in [-0.2, 0) is 16.2 Å². The van der Waals surface area contributed by atoms with E-state index in [4.69, 9.17) is 0 Å². The number of hydrogen-bond donors (Lipinski definition) is 0. The van der Waals surface area contributed by atoms with E-state index in [9.17, 15) is 0 Å². The summed E-state index contributed by atoms with van der Waals surface area (Å²) in [6.45, 7) is 16.5. The van der Waals surface area contributed by atoms with E-state index >= 15 is 0 Å². The zero-order valence-electron chi connectivity index (χ0n) is 30.8. The number of rotatable bonds is 4. The molecule has 0 aliphatic heterocycles. The van der Waals surface area contributed by atoms with Crippen molar-refractivity contribution in [3.05, 3.63) is 173 Å². The maximum absolute atomic E-state index is 2.51. The van der Waals surface area contributed by atoms with E-state index in [1.165, 1.54) is 89.0 Å². The monoisotopic (exact) mass is 659 g/mol. The summed E-state index contributed by atoms with van der Waals surface area (Å²) in [7, 11) is 0. The van der Waals surface area contributed by atoms with Crippen molar-refractivity contribution in [2.45, 2.75) is 64.7 Å². The minimum absolute atomic E-state index is 0.0834. The second-order valence-electron chi connectivity index (χ2n) is 16.6. The molecule has 0 heterocycles. The van der Waals surface area contributed by atoms with Gasteiger partial charge in [0.05, 0.1) is 11.4 Å². The van der Waals surface area contributed by atoms with Crippen molar-refractivity contribution in [3.63, 3.8) is 0 Å². The molecule has 0 N–H and O–H groups in total. The van der Waals surface area contributed by atoms with Gasteiger partial charge in [0.25, 0.3) is 0 Å². The summed E-state index contributed by atoms with van der Waals surface area (Å²) < 4.78 is 0. The van der Waals surface area contributed by atoms with Crippen LogP contribution in [0, 0.1) is 0 Å². The molecular formula is C50H45N. The molecular weight excluding hydrogens is 615 g/mol. The van der Waals surface area contributed by atoms with Gasteiger partial charge in [0.2, 0.25) is 0 Å². The molecule has 2 aliphatic carbocycles. The molecule has 0 atom stereocenters. The van der Waals surface area contributed by atoms with Gasteiger partial charge < -0.3 is 4.90 Å². The Morgan fingerprint density at radius 3 is 1.82 bits per heavy atom. The Balaban J connectivity index is 1.30. The third-order valence-electron chi connectivity index (χ3n) is 11.8. The fourth-order valence-corrected chi connectivity index (χ4v) is 9.02. The zero-order chi connectivity index (χ0) is 35.3. The molecule has 0 unspecified atom stereocenters. The van der Waals surface area contributed by atoms with E-state index in [2.05, 4.69) is 199 Å². The van der Waals surface area contributed by atoms with Crippen molar-refractivity contribution in [2.24, 2.45) is 0 Å². The quantitative estimate of drug-likeness (QED) is 0.182. The molecule has 0 saturated carbocycles. The molecule has 1 nitrogen and oxygen atoms in total.